The molecule has 0 heterocycles. The number of halogens is 1. The van der Waals surface area contributed by atoms with Crippen LogP contribution in [0.3, 0.4) is 0 Å². The third-order valence-corrected chi connectivity index (χ3v) is 5.29. The van der Waals surface area contributed by atoms with Crippen molar-refractivity contribution < 1.29 is 22.3 Å². The third kappa shape index (κ3) is 4.73. The number of nitrogens with two attached hydrogens (primary N) is 1. The van der Waals surface area contributed by atoms with Crippen molar-refractivity contribution in [2.24, 2.45) is 5.73 Å². The summed E-state index contributed by atoms with van der Waals surface area (Å²) in [5.41, 5.74) is 5.67. The average molecular weight is 344 g/mol. The lowest BCUT2D eigenvalue weighted by molar-refractivity contribution is 0.0525. The second kappa shape index (κ2) is 7.37. The molecule has 1 saturated carbocycles. The number of benzene rings is 1. The SMILES string of the molecule is CCOC(=O)c1cc(F)cc(S(=O)(=O)NC2CCC(N)CC2)c1. The normalized spacial score (nSPS) is 21.9. The molecular weight excluding hydrogens is 323 g/mol. The summed E-state index contributed by atoms with van der Waals surface area (Å²) in [6, 6.07) is 2.84. The number of rotatable bonds is 5. The van der Waals surface area contributed by atoms with Gasteiger partial charge in [0.1, 0.15) is 5.82 Å². The molecule has 2 rings (SSSR count). The first-order valence-corrected chi connectivity index (χ1v) is 9.05. The lowest BCUT2D eigenvalue weighted by Gasteiger charge is -2.26. The summed E-state index contributed by atoms with van der Waals surface area (Å²) in [7, 11) is -3.91. The van der Waals surface area contributed by atoms with E-state index in [0.717, 1.165) is 31.0 Å². The summed E-state index contributed by atoms with van der Waals surface area (Å²) in [6.45, 7) is 1.74. The van der Waals surface area contributed by atoms with E-state index < -0.39 is 21.8 Å². The number of hydrogen-bond donors (Lipinski definition) is 2. The molecule has 0 aromatic heterocycles. The van der Waals surface area contributed by atoms with Crippen molar-refractivity contribution in [1.82, 2.24) is 4.72 Å². The Balaban J connectivity index is 2.20. The van der Waals surface area contributed by atoms with Crippen molar-refractivity contribution in [2.75, 3.05) is 6.61 Å². The fourth-order valence-electron chi connectivity index (χ4n) is 2.57. The van der Waals surface area contributed by atoms with Crippen LogP contribution in [-0.4, -0.2) is 33.1 Å². The molecule has 0 spiro atoms. The highest BCUT2D eigenvalue weighted by atomic mass is 32.2. The molecule has 1 aromatic carbocycles. The van der Waals surface area contributed by atoms with Gasteiger partial charge in [-0.3, -0.25) is 0 Å². The number of hydrogen-bond acceptors (Lipinski definition) is 5. The largest absolute Gasteiger partial charge is 0.462 e. The molecule has 8 heteroatoms. The van der Waals surface area contributed by atoms with Crippen LogP contribution >= 0.6 is 0 Å². The molecule has 1 fully saturated rings. The van der Waals surface area contributed by atoms with E-state index in [9.17, 15) is 17.6 Å². The number of carbonyl (C=O) groups excluding carboxylic acids is 1. The number of carbonyl (C=O) groups is 1. The Hall–Kier alpha value is -1.51. The lowest BCUT2D eigenvalue weighted by atomic mass is 9.93. The second-order valence-electron chi connectivity index (χ2n) is 5.63. The standard InChI is InChI=1S/C15H21FN2O4S/c1-2-22-15(19)10-7-11(16)9-14(8-10)23(20,21)18-13-5-3-12(17)4-6-13/h7-9,12-13,18H,2-6,17H2,1H3. The molecule has 0 unspecified atom stereocenters. The minimum Gasteiger partial charge on any atom is -0.462 e. The van der Waals surface area contributed by atoms with Crippen LogP contribution in [0.25, 0.3) is 0 Å². The summed E-state index contributed by atoms with van der Waals surface area (Å²) in [6.07, 6.45) is 2.76. The van der Waals surface area contributed by atoms with Crippen LogP contribution in [0.4, 0.5) is 4.39 Å². The van der Waals surface area contributed by atoms with Gasteiger partial charge in [0.2, 0.25) is 10.0 Å². The smallest absolute Gasteiger partial charge is 0.338 e. The Labute approximate surface area is 135 Å². The van der Waals surface area contributed by atoms with Crippen molar-refractivity contribution in [3.63, 3.8) is 0 Å². The van der Waals surface area contributed by atoms with Crippen LogP contribution in [0.15, 0.2) is 23.1 Å². The topological polar surface area (TPSA) is 98.5 Å². The van der Waals surface area contributed by atoms with E-state index in [2.05, 4.69) is 4.72 Å². The van der Waals surface area contributed by atoms with Gasteiger partial charge in [0, 0.05) is 12.1 Å². The van der Waals surface area contributed by atoms with Crippen molar-refractivity contribution in [1.29, 1.82) is 0 Å². The van der Waals surface area contributed by atoms with Gasteiger partial charge in [-0.25, -0.2) is 22.3 Å². The molecule has 0 aliphatic heterocycles. The Kier molecular flexibility index (Phi) is 5.72. The molecular formula is C15H21FN2O4S. The Morgan fingerprint density at radius 3 is 2.57 bits per heavy atom. The van der Waals surface area contributed by atoms with E-state index in [1.54, 1.807) is 6.92 Å². The summed E-state index contributed by atoms with van der Waals surface area (Å²) in [5, 5.41) is 0. The minimum absolute atomic E-state index is 0.0975. The van der Waals surface area contributed by atoms with E-state index in [-0.39, 0.29) is 29.1 Å². The van der Waals surface area contributed by atoms with Gasteiger partial charge in [0.05, 0.1) is 17.1 Å². The molecule has 1 aliphatic rings. The quantitative estimate of drug-likeness (QED) is 0.790. The molecule has 1 aliphatic carbocycles. The van der Waals surface area contributed by atoms with Crippen molar-refractivity contribution in [2.45, 2.75) is 49.6 Å². The highest BCUT2D eigenvalue weighted by Crippen LogP contribution is 2.21. The van der Waals surface area contributed by atoms with Gasteiger partial charge >= 0.3 is 5.97 Å². The van der Waals surface area contributed by atoms with Crippen LogP contribution in [-0.2, 0) is 14.8 Å². The van der Waals surface area contributed by atoms with E-state index in [1.165, 1.54) is 0 Å². The zero-order valence-corrected chi connectivity index (χ0v) is 13.7. The Morgan fingerprint density at radius 1 is 1.30 bits per heavy atom. The molecule has 3 N–H and O–H groups in total. The Morgan fingerprint density at radius 2 is 1.96 bits per heavy atom. The summed E-state index contributed by atoms with van der Waals surface area (Å²) in [4.78, 5) is 11.4. The maximum absolute atomic E-state index is 13.7. The fourth-order valence-corrected chi connectivity index (χ4v) is 3.94. The zero-order chi connectivity index (χ0) is 17.0. The first-order valence-electron chi connectivity index (χ1n) is 7.57. The number of esters is 1. The van der Waals surface area contributed by atoms with Crippen molar-refractivity contribution >= 4 is 16.0 Å². The number of sulfonamides is 1. The molecule has 0 atom stereocenters. The van der Waals surface area contributed by atoms with E-state index in [1.807, 2.05) is 0 Å². The van der Waals surface area contributed by atoms with Crippen LogP contribution in [0, 0.1) is 5.82 Å². The maximum atomic E-state index is 13.7. The van der Waals surface area contributed by atoms with Crippen LogP contribution in [0.5, 0.6) is 0 Å². The first kappa shape index (κ1) is 17.8. The average Bonchev–Trinajstić information content (AvgIpc) is 2.49. The Bertz CT molecular complexity index is 670. The maximum Gasteiger partial charge on any atom is 0.338 e. The molecule has 23 heavy (non-hydrogen) atoms. The van der Waals surface area contributed by atoms with E-state index in [0.29, 0.717) is 12.8 Å². The molecule has 0 radical (unpaired) electrons. The highest BCUT2D eigenvalue weighted by molar-refractivity contribution is 7.89. The summed E-state index contributed by atoms with van der Waals surface area (Å²) < 4.78 is 45.8. The molecule has 0 amide bonds. The molecule has 0 bridgehead atoms. The van der Waals surface area contributed by atoms with Gasteiger partial charge in [-0.15, -0.1) is 0 Å². The third-order valence-electron chi connectivity index (χ3n) is 3.79. The van der Waals surface area contributed by atoms with Crippen molar-refractivity contribution in [3.05, 3.63) is 29.6 Å². The number of nitrogens with one attached hydrogen (secondary N) is 1. The van der Waals surface area contributed by atoms with Crippen LogP contribution in [0.2, 0.25) is 0 Å². The molecule has 128 valence electrons. The molecule has 6 nitrogen and oxygen atoms in total. The monoisotopic (exact) mass is 344 g/mol. The van der Waals surface area contributed by atoms with Gasteiger partial charge in [-0.2, -0.15) is 0 Å². The predicted molar refractivity (Wildman–Crippen MR) is 82.9 cm³/mol. The van der Waals surface area contributed by atoms with Crippen molar-refractivity contribution in [3.8, 4) is 0 Å². The van der Waals surface area contributed by atoms with E-state index in [4.69, 9.17) is 10.5 Å². The molecule has 1 aromatic rings. The van der Waals surface area contributed by atoms with Gasteiger partial charge in [0.15, 0.2) is 0 Å². The summed E-state index contributed by atoms with van der Waals surface area (Å²) >= 11 is 0. The van der Waals surface area contributed by atoms with Gasteiger partial charge < -0.3 is 10.5 Å². The van der Waals surface area contributed by atoms with Gasteiger partial charge in [-0.1, -0.05) is 0 Å². The first-order chi connectivity index (χ1) is 10.8. The van der Waals surface area contributed by atoms with Gasteiger partial charge in [-0.05, 0) is 50.8 Å². The van der Waals surface area contributed by atoms with Gasteiger partial charge in [0.25, 0.3) is 0 Å². The minimum atomic E-state index is -3.91. The second-order valence-corrected chi connectivity index (χ2v) is 7.34. The highest BCUT2D eigenvalue weighted by Gasteiger charge is 2.25. The lowest BCUT2D eigenvalue weighted by Crippen LogP contribution is -2.40. The summed E-state index contributed by atoms with van der Waals surface area (Å²) in [5.74, 6) is -1.56. The number of ether oxygens (including phenoxy) is 1. The van der Waals surface area contributed by atoms with Crippen LogP contribution < -0.4 is 10.5 Å². The van der Waals surface area contributed by atoms with Crippen LogP contribution in [0.1, 0.15) is 43.0 Å². The predicted octanol–water partition coefficient (Wildman–Crippen LogP) is 1.55. The van der Waals surface area contributed by atoms with E-state index >= 15 is 0 Å². The molecule has 0 saturated heterocycles. The fraction of sp³-hybridized carbons (Fsp3) is 0.533. The zero-order valence-electron chi connectivity index (χ0n) is 12.9.